The van der Waals surface area contributed by atoms with E-state index in [0.29, 0.717) is 18.9 Å². The van der Waals surface area contributed by atoms with Gasteiger partial charge in [-0.2, -0.15) is 13.2 Å². The molecule has 1 saturated heterocycles. The summed E-state index contributed by atoms with van der Waals surface area (Å²) in [6, 6.07) is 6.68. The zero-order valence-corrected chi connectivity index (χ0v) is 18.6. The lowest BCUT2D eigenvalue weighted by molar-refractivity contribution is -0.141. The Kier molecular flexibility index (Phi) is 6.40. The molecule has 1 aliphatic heterocycles. The number of aromatic nitrogens is 3. The van der Waals surface area contributed by atoms with E-state index in [1.54, 1.807) is 12.4 Å². The molecule has 1 N–H and O–H groups in total. The van der Waals surface area contributed by atoms with E-state index in [1.807, 2.05) is 12.1 Å². The molecule has 3 heterocycles. The van der Waals surface area contributed by atoms with Crippen LogP contribution >= 0.6 is 0 Å². The first-order valence-electron chi connectivity index (χ1n) is 11.5. The summed E-state index contributed by atoms with van der Waals surface area (Å²) >= 11 is 0. The Morgan fingerprint density at radius 1 is 0.971 bits per heavy atom. The molecule has 2 aromatic heterocycles. The Hall–Kier alpha value is -3.14. The highest BCUT2D eigenvalue weighted by Gasteiger charge is 2.32. The van der Waals surface area contributed by atoms with Crippen LogP contribution in [0.15, 0.2) is 42.9 Å². The van der Waals surface area contributed by atoms with Crippen molar-refractivity contribution < 1.29 is 22.6 Å². The third-order valence-corrected chi connectivity index (χ3v) is 6.29. The highest BCUT2D eigenvalue weighted by atomic mass is 19.4. The smallest absolute Gasteiger partial charge is 0.433 e. The first kappa shape index (κ1) is 22.6. The van der Waals surface area contributed by atoms with Crippen molar-refractivity contribution in [2.24, 2.45) is 0 Å². The Balaban J connectivity index is 1.23. The van der Waals surface area contributed by atoms with Crippen molar-refractivity contribution in [3.63, 3.8) is 0 Å². The molecule has 0 atom stereocenters. The van der Waals surface area contributed by atoms with Crippen molar-refractivity contribution in [1.82, 2.24) is 15.0 Å². The van der Waals surface area contributed by atoms with Gasteiger partial charge in [0.25, 0.3) is 0 Å². The van der Waals surface area contributed by atoms with Gasteiger partial charge in [-0.05, 0) is 43.9 Å². The van der Waals surface area contributed by atoms with Crippen molar-refractivity contribution in [3.05, 3.63) is 48.5 Å². The van der Waals surface area contributed by atoms with E-state index in [0.717, 1.165) is 67.3 Å². The summed E-state index contributed by atoms with van der Waals surface area (Å²) in [5.41, 5.74) is 2.31. The van der Waals surface area contributed by atoms with Gasteiger partial charge in [0.1, 0.15) is 17.0 Å². The van der Waals surface area contributed by atoms with Crippen LogP contribution in [0.25, 0.3) is 11.0 Å². The van der Waals surface area contributed by atoms with Gasteiger partial charge in [0, 0.05) is 43.3 Å². The molecule has 0 spiro atoms. The molecule has 1 aliphatic carbocycles. The molecule has 2 fully saturated rings. The molecule has 180 valence electrons. The van der Waals surface area contributed by atoms with Crippen LogP contribution in [-0.2, 0) is 10.9 Å². The average molecular weight is 473 g/mol. The third kappa shape index (κ3) is 5.16. The van der Waals surface area contributed by atoms with Crippen molar-refractivity contribution in [1.29, 1.82) is 0 Å². The van der Waals surface area contributed by atoms with E-state index in [4.69, 9.17) is 9.47 Å². The lowest BCUT2D eigenvalue weighted by Crippen LogP contribution is -2.36. The zero-order valence-electron chi connectivity index (χ0n) is 18.6. The molecule has 10 heteroatoms. The Labute approximate surface area is 195 Å². The maximum Gasteiger partial charge on any atom is 0.433 e. The predicted molar refractivity (Wildman–Crippen MR) is 122 cm³/mol. The van der Waals surface area contributed by atoms with Gasteiger partial charge < -0.3 is 19.7 Å². The fourth-order valence-corrected chi connectivity index (χ4v) is 4.51. The normalized spacial score (nSPS) is 21.4. The number of fused-ring (bicyclic) bond motifs is 1. The summed E-state index contributed by atoms with van der Waals surface area (Å²) in [6.45, 7) is 3.03. The number of alkyl halides is 3. The standard InChI is InChI=1S/C24H26F3N5O2/c25-24(26,27)22-6-3-17(15-30-22)31-16-1-4-19(5-2-16)34-21-14-18(32-9-11-33-12-10-32)13-20-23(21)29-8-7-28-20/h3,6-8,13-16,19,31H,1-2,4-5,9-12H2/t16-,19+. The quantitative estimate of drug-likeness (QED) is 0.577. The van der Waals surface area contributed by atoms with Gasteiger partial charge in [-0.15, -0.1) is 0 Å². The number of nitrogens with zero attached hydrogens (tertiary/aromatic N) is 4. The Morgan fingerprint density at radius 2 is 1.74 bits per heavy atom. The Bertz CT molecular complexity index is 1110. The minimum atomic E-state index is -4.43. The van der Waals surface area contributed by atoms with E-state index in [9.17, 15) is 13.2 Å². The number of nitrogens with one attached hydrogen (secondary N) is 1. The van der Waals surface area contributed by atoms with Crippen LogP contribution < -0.4 is 15.0 Å². The lowest BCUT2D eigenvalue weighted by atomic mass is 9.92. The van der Waals surface area contributed by atoms with E-state index in [1.165, 1.54) is 12.3 Å². The molecule has 3 aromatic rings. The monoisotopic (exact) mass is 473 g/mol. The molecule has 0 unspecified atom stereocenters. The number of rotatable bonds is 5. The van der Waals surface area contributed by atoms with Gasteiger partial charge in [0.2, 0.25) is 0 Å². The third-order valence-electron chi connectivity index (χ3n) is 6.29. The van der Waals surface area contributed by atoms with Crippen molar-refractivity contribution >= 4 is 22.4 Å². The molecule has 1 saturated carbocycles. The van der Waals surface area contributed by atoms with Crippen molar-refractivity contribution in [3.8, 4) is 5.75 Å². The molecular weight excluding hydrogens is 447 g/mol. The minimum absolute atomic E-state index is 0.0360. The maximum absolute atomic E-state index is 12.7. The van der Waals surface area contributed by atoms with Crippen LogP contribution in [0.5, 0.6) is 5.75 Å². The number of hydrogen-bond acceptors (Lipinski definition) is 7. The van der Waals surface area contributed by atoms with Gasteiger partial charge in [0.05, 0.1) is 36.7 Å². The van der Waals surface area contributed by atoms with E-state index < -0.39 is 11.9 Å². The molecule has 2 aliphatic rings. The lowest BCUT2D eigenvalue weighted by Gasteiger charge is -2.31. The van der Waals surface area contributed by atoms with Crippen LogP contribution in [0.2, 0.25) is 0 Å². The number of benzene rings is 1. The van der Waals surface area contributed by atoms with E-state index in [2.05, 4.69) is 25.2 Å². The Morgan fingerprint density at radius 3 is 2.44 bits per heavy atom. The molecule has 0 amide bonds. The highest BCUT2D eigenvalue weighted by molar-refractivity contribution is 5.85. The number of anilines is 2. The molecule has 7 nitrogen and oxygen atoms in total. The van der Waals surface area contributed by atoms with Gasteiger partial charge in [-0.25, -0.2) is 9.97 Å². The van der Waals surface area contributed by atoms with Crippen LogP contribution in [0.4, 0.5) is 24.5 Å². The van der Waals surface area contributed by atoms with Gasteiger partial charge in [-0.3, -0.25) is 4.98 Å². The SMILES string of the molecule is FC(F)(F)c1ccc(N[C@H]2CC[C@@H](Oc3cc(N4CCOCC4)cc4nccnc34)CC2)cn1. The first-order valence-corrected chi connectivity index (χ1v) is 11.5. The van der Waals surface area contributed by atoms with Crippen LogP contribution in [-0.4, -0.2) is 53.4 Å². The molecule has 5 rings (SSSR count). The van der Waals surface area contributed by atoms with Gasteiger partial charge in [0.15, 0.2) is 0 Å². The largest absolute Gasteiger partial charge is 0.488 e. The zero-order chi connectivity index (χ0) is 23.5. The number of pyridine rings is 1. The minimum Gasteiger partial charge on any atom is -0.488 e. The topological polar surface area (TPSA) is 72.4 Å². The highest BCUT2D eigenvalue weighted by Crippen LogP contribution is 2.33. The molecule has 0 radical (unpaired) electrons. The van der Waals surface area contributed by atoms with Crippen molar-refractivity contribution in [2.75, 3.05) is 36.5 Å². The second-order valence-corrected chi connectivity index (χ2v) is 8.63. The summed E-state index contributed by atoms with van der Waals surface area (Å²) < 4.78 is 50.0. The second-order valence-electron chi connectivity index (χ2n) is 8.63. The average Bonchev–Trinajstić information content (AvgIpc) is 2.85. The summed E-state index contributed by atoms with van der Waals surface area (Å²) in [5.74, 6) is 0.732. The van der Waals surface area contributed by atoms with Gasteiger partial charge >= 0.3 is 6.18 Å². The van der Waals surface area contributed by atoms with Crippen molar-refractivity contribution in [2.45, 2.75) is 44.0 Å². The second kappa shape index (κ2) is 9.61. The summed E-state index contributed by atoms with van der Waals surface area (Å²) in [5, 5.41) is 3.30. The summed E-state index contributed by atoms with van der Waals surface area (Å²) in [4.78, 5) is 14.8. The fourth-order valence-electron chi connectivity index (χ4n) is 4.51. The summed E-state index contributed by atoms with van der Waals surface area (Å²) in [7, 11) is 0. The fraction of sp³-hybridized carbons (Fsp3) is 0.458. The number of ether oxygens (including phenoxy) is 2. The van der Waals surface area contributed by atoms with E-state index in [-0.39, 0.29) is 12.1 Å². The molecule has 34 heavy (non-hydrogen) atoms. The van der Waals surface area contributed by atoms with Crippen LogP contribution in [0.3, 0.4) is 0 Å². The molecule has 0 bridgehead atoms. The predicted octanol–water partition coefficient (Wildman–Crippen LogP) is 4.68. The first-order chi connectivity index (χ1) is 16.5. The van der Waals surface area contributed by atoms with Crippen LogP contribution in [0, 0.1) is 0 Å². The van der Waals surface area contributed by atoms with Crippen LogP contribution in [0.1, 0.15) is 31.4 Å². The van der Waals surface area contributed by atoms with E-state index >= 15 is 0 Å². The number of hydrogen-bond donors (Lipinski definition) is 1. The molecule has 1 aromatic carbocycles. The van der Waals surface area contributed by atoms with Gasteiger partial charge in [-0.1, -0.05) is 0 Å². The maximum atomic E-state index is 12.7. The molecular formula is C24H26F3N5O2. The number of halogens is 3. The number of morpholine rings is 1. The summed E-state index contributed by atoms with van der Waals surface area (Å²) in [6.07, 6.45) is 3.55.